The third-order valence-corrected chi connectivity index (χ3v) is 6.77. The van der Waals surface area contributed by atoms with Crippen LogP contribution in [0.4, 0.5) is 16.8 Å². The largest absolute Gasteiger partial charge is 0.489 e. The van der Waals surface area contributed by atoms with Gasteiger partial charge in [0.05, 0.1) is 28.6 Å². The van der Waals surface area contributed by atoms with Crippen LogP contribution in [0.5, 0.6) is 5.75 Å². The van der Waals surface area contributed by atoms with Crippen molar-refractivity contribution in [2.24, 2.45) is 0 Å². The molecule has 3 N–H and O–H groups in total. The Morgan fingerprint density at radius 2 is 1.79 bits per heavy atom. The SMILES string of the molecule is CC(C)Oc1cncc(-c2ccc3nc(Nc4cccc(NC5CCC(O)CC5)n4)sc3c2)c1. The van der Waals surface area contributed by atoms with E-state index < -0.39 is 0 Å². The molecular weight excluding hydrogens is 446 g/mol. The first-order valence-electron chi connectivity index (χ1n) is 11.7. The zero-order chi connectivity index (χ0) is 23.5. The molecule has 0 saturated heterocycles. The monoisotopic (exact) mass is 475 g/mol. The molecule has 1 saturated carbocycles. The average molecular weight is 476 g/mol. The van der Waals surface area contributed by atoms with Crippen LogP contribution in [0.25, 0.3) is 21.3 Å². The molecule has 0 unspecified atom stereocenters. The summed E-state index contributed by atoms with van der Waals surface area (Å²) in [5.74, 6) is 2.36. The zero-order valence-corrected chi connectivity index (χ0v) is 20.2. The van der Waals surface area contributed by atoms with Gasteiger partial charge in [0.15, 0.2) is 5.13 Å². The third kappa shape index (κ3) is 5.46. The minimum Gasteiger partial charge on any atom is -0.489 e. The van der Waals surface area contributed by atoms with Gasteiger partial charge in [-0.15, -0.1) is 0 Å². The van der Waals surface area contributed by atoms with E-state index in [1.54, 1.807) is 17.5 Å². The van der Waals surface area contributed by atoms with Crippen molar-refractivity contribution < 1.29 is 9.84 Å². The smallest absolute Gasteiger partial charge is 0.189 e. The van der Waals surface area contributed by atoms with Crippen LogP contribution in [0.1, 0.15) is 39.5 Å². The van der Waals surface area contributed by atoms with Gasteiger partial charge in [0.1, 0.15) is 17.4 Å². The second-order valence-electron chi connectivity index (χ2n) is 8.96. The summed E-state index contributed by atoms with van der Waals surface area (Å²) in [5, 5.41) is 17.4. The van der Waals surface area contributed by atoms with E-state index in [0.29, 0.717) is 6.04 Å². The Balaban J connectivity index is 1.31. The van der Waals surface area contributed by atoms with Gasteiger partial charge in [0.2, 0.25) is 0 Å². The van der Waals surface area contributed by atoms with E-state index in [4.69, 9.17) is 14.7 Å². The lowest BCUT2D eigenvalue weighted by Gasteiger charge is -2.26. The summed E-state index contributed by atoms with van der Waals surface area (Å²) < 4.78 is 6.88. The second-order valence-corrected chi connectivity index (χ2v) is 9.99. The number of anilines is 3. The average Bonchev–Trinajstić information content (AvgIpc) is 3.22. The van der Waals surface area contributed by atoms with Gasteiger partial charge < -0.3 is 20.5 Å². The minimum absolute atomic E-state index is 0.104. The quantitative estimate of drug-likeness (QED) is 0.302. The summed E-state index contributed by atoms with van der Waals surface area (Å²) >= 11 is 1.60. The Morgan fingerprint density at radius 1 is 0.971 bits per heavy atom. The van der Waals surface area contributed by atoms with Crippen molar-refractivity contribution in [3.63, 3.8) is 0 Å². The predicted octanol–water partition coefficient (Wildman–Crippen LogP) is 6.00. The summed E-state index contributed by atoms with van der Waals surface area (Å²) in [6, 6.07) is 14.5. The van der Waals surface area contributed by atoms with E-state index in [9.17, 15) is 5.11 Å². The highest BCUT2D eigenvalue weighted by atomic mass is 32.1. The molecule has 1 fully saturated rings. The molecule has 1 aromatic carbocycles. The molecule has 0 radical (unpaired) electrons. The highest BCUT2D eigenvalue weighted by molar-refractivity contribution is 7.22. The number of nitrogens with zero attached hydrogens (tertiary/aromatic N) is 3. The molecule has 3 aromatic heterocycles. The van der Waals surface area contributed by atoms with Crippen LogP contribution in [0.15, 0.2) is 54.9 Å². The van der Waals surface area contributed by atoms with Gasteiger partial charge in [-0.25, -0.2) is 9.97 Å². The number of hydrogen-bond donors (Lipinski definition) is 3. The van der Waals surface area contributed by atoms with E-state index >= 15 is 0 Å². The fourth-order valence-corrected chi connectivity index (χ4v) is 5.11. The summed E-state index contributed by atoms with van der Waals surface area (Å²) in [4.78, 5) is 13.8. The van der Waals surface area contributed by atoms with Gasteiger partial charge >= 0.3 is 0 Å². The van der Waals surface area contributed by atoms with E-state index in [1.807, 2.05) is 50.4 Å². The Labute approximate surface area is 203 Å². The van der Waals surface area contributed by atoms with Crippen molar-refractivity contribution in [1.82, 2.24) is 15.0 Å². The zero-order valence-electron chi connectivity index (χ0n) is 19.4. The van der Waals surface area contributed by atoms with E-state index in [-0.39, 0.29) is 12.2 Å². The fraction of sp³-hybridized carbons (Fsp3) is 0.346. The number of ether oxygens (including phenoxy) is 1. The molecule has 5 rings (SSSR count). The summed E-state index contributed by atoms with van der Waals surface area (Å²) in [6.45, 7) is 4.01. The lowest BCUT2D eigenvalue weighted by atomic mass is 9.93. The molecule has 1 aliphatic carbocycles. The first-order chi connectivity index (χ1) is 16.5. The maximum absolute atomic E-state index is 9.72. The molecule has 0 bridgehead atoms. The number of aliphatic hydroxyl groups is 1. The molecule has 176 valence electrons. The van der Waals surface area contributed by atoms with Crippen molar-refractivity contribution in [3.05, 3.63) is 54.9 Å². The second kappa shape index (κ2) is 9.95. The van der Waals surface area contributed by atoms with E-state index in [2.05, 4.69) is 27.8 Å². The normalized spacial score (nSPS) is 18.2. The van der Waals surface area contributed by atoms with Crippen molar-refractivity contribution >= 4 is 38.3 Å². The number of fused-ring (bicyclic) bond motifs is 1. The van der Waals surface area contributed by atoms with Crippen molar-refractivity contribution in [2.45, 2.75) is 57.8 Å². The van der Waals surface area contributed by atoms with Crippen LogP contribution in [0.3, 0.4) is 0 Å². The highest BCUT2D eigenvalue weighted by Crippen LogP contribution is 2.33. The number of aliphatic hydroxyl groups excluding tert-OH is 1. The molecule has 0 atom stereocenters. The molecule has 4 aromatic rings. The van der Waals surface area contributed by atoms with Gasteiger partial charge in [0.25, 0.3) is 0 Å². The van der Waals surface area contributed by atoms with E-state index in [1.165, 1.54) is 0 Å². The predicted molar refractivity (Wildman–Crippen MR) is 138 cm³/mol. The van der Waals surface area contributed by atoms with Gasteiger partial charge in [0, 0.05) is 17.8 Å². The van der Waals surface area contributed by atoms with Crippen molar-refractivity contribution in [3.8, 4) is 16.9 Å². The number of thiazole rings is 1. The van der Waals surface area contributed by atoms with Gasteiger partial charge in [-0.3, -0.25) is 4.98 Å². The minimum atomic E-state index is -0.160. The van der Waals surface area contributed by atoms with Crippen LogP contribution in [-0.2, 0) is 0 Å². The van der Waals surface area contributed by atoms with Gasteiger partial charge in [-0.1, -0.05) is 23.5 Å². The van der Waals surface area contributed by atoms with Crippen LogP contribution in [-0.4, -0.2) is 38.3 Å². The van der Waals surface area contributed by atoms with E-state index in [0.717, 1.165) is 69.5 Å². The Hall–Kier alpha value is -3.23. The first kappa shape index (κ1) is 22.6. The number of aromatic nitrogens is 3. The molecule has 0 amide bonds. The summed E-state index contributed by atoms with van der Waals surface area (Å²) in [7, 11) is 0. The lowest BCUT2D eigenvalue weighted by Crippen LogP contribution is -2.28. The molecule has 1 aliphatic rings. The summed E-state index contributed by atoms with van der Waals surface area (Å²) in [6.07, 6.45) is 7.14. The standard InChI is InChI=1S/C26H29N5O2S/c1-16(2)33-21-12-18(14-27-15-21)17-6-11-22-23(13-17)34-26(29-22)31-25-5-3-4-24(30-25)28-19-7-9-20(32)10-8-19/h3-6,11-16,19-20,32H,7-10H2,1-2H3,(H2,28,29,30,31). The molecule has 0 spiro atoms. The Kier molecular flexibility index (Phi) is 6.60. The van der Waals surface area contributed by atoms with Crippen molar-refractivity contribution in [2.75, 3.05) is 10.6 Å². The lowest BCUT2D eigenvalue weighted by molar-refractivity contribution is 0.126. The van der Waals surface area contributed by atoms with Crippen LogP contribution in [0, 0.1) is 0 Å². The molecule has 7 nitrogen and oxygen atoms in total. The summed E-state index contributed by atoms with van der Waals surface area (Å²) in [5.41, 5.74) is 3.03. The molecule has 34 heavy (non-hydrogen) atoms. The number of pyridine rings is 2. The molecule has 8 heteroatoms. The van der Waals surface area contributed by atoms with Crippen molar-refractivity contribution in [1.29, 1.82) is 0 Å². The maximum Gasteiger partial charge on any atom is 0.189 e. The first-order valence-corrected chi connectivity index (χ1v) is 12.5. The van der Waals surface area contributed by atoms with Crippen LogP contribution in [0.2, 0.25) is 0 Å². The molecule has 3 heterocycles. The third-order valence-electron chi connectivity index (χ3n) is 5.84. The van der Waals surface area contributed by atoms with Crippen LogP contribution < -0.4 is 15.4 Å². The number of benzene rings is 1. The number of rotatable bonds is 7. The molecule has 0 aliphatic heterocycles. The van der Waals surface area contributed by atoms with Crippen LogP contribution >= 0.6 is 11.3 Å². The molecular formula is C26H29N5O2S. The topological polar surface area (TPSA) is 92.2 Å². The fourth-order valence-electron chi connectivity index (χ4n) is 4.19. The highest BCUT2D eigenvalue weighted by Gasteiger charge is 2.19. The van der Waals surface area contributed by atoms with Gasteiger partial charge in [-0.05, 0) is 75.4 Å². The maximum atomic E-state index is 9.72. The Bertz CT molecular complexity index is 1270. The Morgan fingerprint density at radius 3 is 2.62 bits per heavy atom. The van der Waals surface area contributed by atoms with Gasteiger partial charge in [-0.2, -0.15) is 0 Å². The number of nitrogens with one attached hydrogen (secondary N) is 2. The number of hydrogen-bond acceptors (Lipinski definition) is 8.